The fourth-order valence-electron chi connectivity index (χ4n) is 2.05. The molecule has 0 unspecified atom stereocenters. The van der Waals surface area contributed by atoms with Crippen LogP contribution in [-0.2, 0) is 17.9 Å². The molecule has 0 saturated carbocycles. The molecule has 2 aromatic rings. The first-order valence-electron chi connectivity index (χ1n) is 4.79. The van der Waals surface area contributed by atoms with E-state index in [2.05, 4.69) is 5.32 Å². The number of hydrogen-bond acceptors (Lipinski definition) is 1. The van der Waals surface area contributed by atoms with Crippen molar-refractivity contribution in [3.05, 3.63) is 35.8 Å². The number of carbonyl (C=O) groups is 1. The number of benzene rings is 1. The topological polar surface area (TPSA) is 34.0 Å². The largest absolute Gasteiger partial charge is 0.349 e. The summed E-state index contributed by atoms with van der Waals surface area (Å²) in [5.41, 5.74) is 1.48. The first-order valence-corrected chi connectivity index (χ1v) is 4.79. The fourth-order valence-corrected chi connectivity index (χ4v) is 2.05. The van der Waals surface area contributed by atoms with Gasteiger partial charge in [0.05, 0.1) is 12.1 Å². The molecule has 76 valence electrons. The van der Waals surface area contributed by atoms with Crippen molar-refractivity contribution >= 4 is 16.8 Å². The zero-order chi connectivity index (χ0) is 10.4. The van der Waals surface area contributed by atoms with E-state index in [-0.39, 0.29) is 18.3 Å². The van der Waals surface area contributed by atoms with Crippen LogP contribution in [0.4, 0.5) is 4.39 Å². The van der Waals surface area contributed by atoms with Crippen LogP contribution in [0.25, 0.3) is 10.9 Å². The third-order valence-corrected chi connectivity index (χ3v) is 2.73. The molecule has 1 aromatic heterocycles. The van der Waals surface area contributed by atoms with E-state index in [1.54, 1.807) is 10.6 Å². The van der Waals surface area contributed by atoms with Crippen molar-refractivity contribution in [2.45, 2.75) is 13.1 Å². The van der Waals surface area contributed by atoms with Gasteiger partial charge >= 0.3 is 0 Å². The van der Waals surface area contributed by atoms with Crippen LogP contribution < -0.4 is 5.32 Å². The molecule has 1 N–H and O–H groups in total. The van der Waals surface area contributed by atoms with E-state index in [0.717, 1.165) is 11.1 Å². The van der Waals surface area contributed by atoms with Gasteiger partial charge in [-0.3, -0.25) is 4.79 Å². The maximum atomic E-state index is 13.6. The number of nitrogens with zero attached hydrogens (tertiary/aromatic N) is 1. The summed E-state index contributed by atoms with van der Waals surface area (Å²) in [6.07, 6.45) is 0. The first-order chi connectivity index (χ1) is 7.25. The van der Waals surface area contributed by atoms with Crippen molar-refractivity contribution in [2.75, 3.05) is 0 Å². The Morgan fingerprint density at radius 1 is 1.40 bits per heavy atom. The summed E-state index contributed by atoms with van der Waals surface area (Å²) in [5, 5.41) is 3.59. The van der Waals surface area contributed by atoms with Gasteiger partial charge in [0.15, 0.2) is 0 Å². The van der Waals surface area contributed by atoms with Gasteiger partial charge in [-0.2, -0.15) is 0 Å². The summed E-state index contributed by atoms with van der Waals surface area (Å²) in [4.78, 5) is 11.2. The van der Waals surface area contributed by atoms with E-state index in [1.807, 2.05) is 12.1 Å². The van der Waals surface area contributed by atoms with Gasteiger partial charge in [0.1, 0.15) is 12.4 Å². The summed E-state index contributed by atoms with van der Waals surface area (Å²) in [6.45, 7) is 0.687. The Kier molecular flexibility index (Phi) is 1.59. The van der Waals surface area contributed by atoms with Crippen molar-refractivity contribution in [3.63, 3.8) is 0 Å². The lowest BCUT2D eigenvalue weighted by molar-refractivity contribution is -0.122. The molecule has 3 nitrogen and oxygen atoms in total. The molecule has 0 aliphatic carbocycles. The molecular weight excluding hydrogens is 195 g/mol. The molecule has 3 rings (SSSR count). The molecule has 1 aromatic carbocycles. The molecule has 0 saturated heterocycles. The Bertz CT molecular complexity index is 559. The smallest absolute Gasteiger partial charge is 0.240 e. The second-order valence-corrected chi connectivity index (χ2v) is 3.68. The van der Waals surface area contributed by atoms with Crippen molar-refractivity contribution in [1.82, 2.24) is 9.88 Å². The molecule has 0 fully saturated rings. The minimum absolute atomic E-state index is 0.0664. The Morgan fingerprint density at radius 3 is 3.13 bits per heavy atom. The summed E-state index contributed by atoms with van der Waals surface area (Å²) >= 11 is 0. The van der Waals surface area contributed by atoms with E-state index >= 15 is 0 Å². The van der Waals surface area contributed by atoms with Gasteiger partial charge in [0.25, 0.3) is 0 Å². The standard InChI is InChI=1S/C11H9FN2O/c12-9-3-1-2-7-4-8-5-13-10(15)6-14(8)11(7)9/h1-4H,5-6H2,(H,13,15). The monoisotopic (exact) mass is 204 g/mol. The number of aromatic nitrogens is 1. The van der Waals surface area contributed by atoms with Crippen LogP contribution in [0.2, 0.25) is 0 Å². The predicted octanol–water partition coefficient (Wildman–Crippen LogP) is 1.41. The van der Waals surface area contributed by atoms with Crippen molar-refractivity contribution in [2.24, 2.45) is 0 Å². The molecule has 15 heavy (non-hydrogen) atoms. The highest BCUT2D eigenvalue weighted by Gasteiger charge is 2.18. The number of para-hydroxylation sites is 1. The highest BCUT2D eigenvalue weighted by molar-refractivity contribution is 5.86. The van der Waals surface area contributed by atoms with E-state index < -0.39 is 0 Å². The number of nitrogens with one attached hydrogen (secondary N) is 1. The third-order valence-electron chi connectivity index (χ3n) is 2.73. The fraction of sp³-hybridized carbons (Fsp3) is 0.182. The first kappa shape index (κ1) is 8.47. The van der Waals surface area contributed by atoms with Crippen molar-refractivity contribution in [3.8, 4) is 0 Å². The summed E-state index contributed by atoms with van der Waals surface area (Å²) in [6, 6.07) is 6.87. The van der Waals surface area contributed by atoms with Crippen LogP contribution in [0.1, 0.15) is 5.69 Å². The van der Waals surface area contributed by atoms with Gasteiger partial charge in [0, 0.05) is 11.1 Å². The number of amides is 1. The second kappa shape index (κ2) is 2.82. The molecule has 0 atom stereocenters. The van der Waals surface area contributed by atoms with Crippen LogP contribution >= 0.6 is 0 Å². The van der Waals surface area contributed by atoms with Crippen LogP contribution in [-0.4, -0.2) is 10.5 Å². The lowest BCUT2D eigenvalue weighted by Crippen LogP contribution is -2.33. The summed E-state index contributed by atoms with van der Waals surface area (Å²) in [7, 11) is 0. The SMILES string of the molecule is O=C1Cn2c(cc3cccc(F)c32)CN1. The predicted molar refractivity (Wildman–Crippen MR) is 53.7 cm³/mol. The number of hydrogen-bond donors (Lipinski definition) is 1. The molecule has 0 spiro atoms. The van der Waals surface area contributed by atoms with Crippen LogP contribution in [0, 0.1) is 5.82 Å². The Labute approximate surface area is 85.5 Å². The van der Waals surface area contributed by atoms with E-state index in [1.165, 1.54) is 6.07 Å². The zero-order valence-corrected chi connectivity index (χ0v) is 7.96. The van der Waals surface area contributed by atoms with Gasteiger partial charge in [-0.25, -0.2) is 4.39 Å². The highest BCUT2D eigenvalue weighted by atomic mass is 19.1. The highest BCUT2D eigenvalue weighted by Crippen LogP contribution is 2.24. The zero-order valence-electron chi connectivity index (χ0n) is 7.96. The quantitative estimate of drug-likeness (QED) is 0.691. The average Bonchev–Trinajstić information content (AvgIpc) is 2.57. The average molecular weight is 204 g/mol. The van der Waals surface area contributed by atoms with Gasteiger partial charge < -0.3 is 9.88 Å². The minimum Gasteiger partial charge on any atom is -0.349 e. The van der Waals surface area contributed by atoms with E-state index in [9.17, 15) is 9.18 Å². The van der Waals surface area contributed by atoms with Gasteiger partial charge in [0.2, 0.25) is 5.91 Å². The van der Waals surface area contributed by atoms with Crippen LogP contribution in [0.5, 0.6) is 0 Å². The lowest BCUT2D eigenvalue weighted by atomic mass is 10.2. The summed E-state index contributed by atoms with van der Waals surface area (Å²) < 4.78 is 15.3. The molecule has 0 radical (unpaired) electrons. The Morgan fingerprint density at radius 2 is 2.27 bits per heavy atom. The molecule has 1 aliphatic heterocycles. The van der Waals surface area contributed by atoms with Gasteiger partial charge in [-0.15, -0.1) is 0 Å². The van der Waals surface area contributed by atoms with Crippen molar-refractivity contribution in [1.29, 1.82) is 0 Å². The Hall–Kier alpha value is -1.84. The van der Waals surface area contributed by atoms with Gasteiger partial charge in [-0.05, 0) is 12.1 Å². The van der Waals surface area contributed by atoms with Gasteiger partial charge in [-0.1, -0.05) is 12.1 Å². The molecule has 0 bridgehead atoms. The number of halogens is 1. The molecule has 4 heteroatoms. The molecule has 1 amide bonds. The maximum absolute atomic E-state index is 13.6. The van der Waals surface area contributed by atoms with Crippen LogP contribution in [0.3, 0.4) is 0 Å². The summed E-state index contributed by atoms with van der Waals surface area (Å²) in [5.74, 6) is -0.336. The number of carbonyl (C=O) groups excluding carboxylic acids is 1. The normalized spacial score (nSPS) is 15.1. The maximum Gasteiger partial charge on any atom is 0.240 e. The van der Waals surface area contributed by atoms with Crippen LogP contribution in [0.15, 0.2) is 24.3 Å². The van der Waals surface area contributed by atoms with Crippen molar-refractivity contribution < 1.29 is 9.18 Å². The van der Waals surface area contributed by atoms with E-state index in [4.69, 9.17) is 0 Å². The number of fused-ring (bicyclic) bond motifs is 3. The second-order valence-electron chi connectivity index (χ2n) is 3.68. The number of rotatable bonds is 0. The molecule has 1 aliphatic rings. The Balaban J connectivity index is 2.35. The molecule has 2 heterocycles. The molecular formula is C11H9FN2O. The minimum atomic E-state index is -0.270. The van der Waals surface area contributed by atoms with E-state index in [0.29, 0.717) is 12.1 Å². The lowest BCUT2D eigenvalue weighted by Gasteiger charge is -2.16. The third kappa shape index (κ3) is 1.14.